The zero-order valence-corrected chi connectivity index (χ0v) is 13.2. The summed E-state index contributed by atoms with van der Waals surface area (Å²) in [5.41, 5.74) is 0.534. The number of amides is 1. The second-order valence-corrected chi connectivity index (χ2v) is 7.23. The monoisotopic (exact) mass is 310 g/mol. The molecule has 0 saturated carbocycles. The highest BCUT2D eigenvalue weighted by molar-refractivity contribution is 7.89. The summed E-state index contributed by atoms with van der Waals surface area (Å²) in [6.07, 6.45) is 4.10. The van der Waals surface area contributed by atoms with Crippen LogP contribution in [0.3, 0.4) is 0 Å². The molecule has 0 atom stereocenters. The lowest BCUT2D eigenvalue weighted by molar-refractivity contribution is -0.116. The van der Waals surface area contributed by atoms with Gasteiger partial charge in [-0.1, -0.05) is 19.4 Å². The van der Waals surface area contributed by atoms with E-state index in [9.17, 15) is 13.2 Å². The van der Waals surface area contributed by atoms with E-state index in [0.29, 0.717) is 25.2 Å². The van der Waals surface area contributed by atoms with E-state index in [-0.39, 0.29) is 10.8 Å². The summed E-state index contributed by atoms with van der Waals surface area (Å²) in [6, 6.07) is 6.50. The van der Waals surface area contributed by atoms with Crippen LogP contribution in [0, 0.1) is 0 Å². The molecule has 0 spiro atoms. The molecule has 1 N–H and O–H groups in total. The maximum atomic E-state index is 12.6. The summed E-state index contributed by atoms with van der Waals surface area (Å²) in [6.45, 7) is 3.08. The van der Waals surface area contributed by atoms with E-state index in [0.717, 1.165) is 25.7 Å². The van der Waals surface area contributed by atoms with E-state index < -0.39 is 10.0 Å². The average molecular weight is 310 g/mol. The summed E-state index contributed by atoms with van der Waals surface area (Å²) >= 11 is 0. The molecule has 2 rings (SSSR count). The first-order valence-electron chi connectivity index (χ1n) is 7.44. The molecule has 1 fully saturated rings. The summed E-state index contributed by atoms with van der Waals surface area (Å²) < 4.78 is 26.7. The van der Waals surface area contributed by atoms with Crippen molar-refractivity contribution < 1.29 is 13.2 Å². The highest BCUT2D eigenvalue weighted by atomic mass is 32.2. The minimum atomic E-state index is -3.45. The Morgan fingerprint density at radius 3 is 2.62 bits per heavy atom. The minimum absolute atomic E-state index is 0.0926. The van der Waals surface area contributed by atoms with Gasteiger partial charge in [0.15, 0.2) is 0 Å². The van der Waals surface area contributed by atoms with E-state index in [1.54, 1.807) is 18.2 Å². The van der Waals surface area contributed by atoms with Crippen molar-refractivity contribution in [1.29, 1.82) is 0 Å². The van der Waals surface area contributed by atoms with E-state index in [1.807, 2.05) is 6.92 Å². The molecule has 1 saturated heterocycles. The Morgan fingerprint density at radius 2 is 1.95 bits per heavy atom. The molecule has 6 heteroatoms. The van der Waals surface area contributed by atoms with E-state index in [1.165, 1.54) is 10.4 Å². The molecular formula is C15H22N2O3S. The van der Waals surface area contributed by atoms with Crippen LogP contribution < -0.4 is 5.32 Å². The third-order valence-corrected chi connectivity index (χ3v) is 5.44. The van der Waals surface area contributed by atoms with Gasteiger partial charge in [-0.2, -0.15) is 4.31 Å². The van der Waals surface area contributed by atoms with Crippen molar-refractivity contribution in [1.82, 2.24) is 4.31 Å². The van der Waals surface area contributed by atoms with Crippen LogP contribution >= 0.6 is 0 Å². The van der Waals surface area contributed by atoms with Crippen LogP contribution in [0.15, 0.2) is 29.2 Å². The predicted molar refractivity (Wildman–Crippen MR) is 82.6 cm³/mol. The molecule has 1 aliphatic heterocycles. The first-order valence-corrected chi connectivity index (χ1v) is 8.88. The van der Waals surface area contributed by atoms with Crippen molar-refractivity contribution in [3.63, 3.8) is 0 Å². The van der Waals surface area contributed by atoms with Crippen LogP contribution in [0.25, 0.3) is 0 Å². The fourth-order valence-electron chi connectivity index (χ4n) is 2.44. The SMILES string of the molecule is CCCC(=O)Nc1cccc(S(=O)(=O)N2CCCCC2)c1. The Morgan fingerprint density at radius 1 is 1.24 bits per heavy atom. The summed E-state index contributed by atoms with van der Waals surface area (Å²) in [5, 5.41) is 2.74. The molecule has 0 unspecified atom stereocenters. The van der Waals surface area contributed by atoms with Crippen molar-refractivity contribution in [3.8, 4) is 0 Å². The number of nitrogens with one attached hydrogen (secondary N) is 1. The fourth-order valence-corrected chi connectivity index (χ4v) is 4.00. The summed E-state index contributed by atoms with van der Waals surface area (Å²) in [4.78, 5) is 11.9. The molecule has 1 amide bonds. The molecule has 1 aromatic rings. The van der Waals surface area contributed by atoms with Gasteiger partial charge in [-0.3, -0.25) is 4.79 Å². The van der Waals surface area contributed by atoms with Crippen LogP contribution in [0.5, 0.6) is 0 Å². The Balaban J connectivity index is 2.17. The molecule has 0 aliphatic carbocycles. The standard InChI is InChI=1S/C15H22N2O3S/c1-2-7-15(18)16-13-8-6-9-14(12-13)21(19,20)17-10-4-3-5-11-17/h6,8-9,12H,2-5,7,10-11H2,1H3,(H,16,18). The van der Waals surface area contributed by atoms with E-state index >= 15 is 0 Å². The van der Waals surface area contributed by atoms with Gasteiger partial charge in [-0.25, -0.2) is 8.42 Å². The highest BCUT2D eigenvalue weighted by Crippen LogP contribution is 2.22. The number of anilines is 1. The number of carbonyl (C=O) groups excluding carboxylic acids is 1. The van der Waals surface area contributed by atoms with Gasteiger partial charge in [0.2, 0.25) is 15.9 Å². The minimum Gasteiger partial charge on any atom is -0.326 e. The van der Waals surface area contributed by atoms with E-state index in [2.05, 4.69) is 5.32 Å². The van der Waals surface area contributed by atoms with Crippen LogP contribution in [0.2, 0.25) is 0 Å². The molecule has 1 aromatic carbocycles. The van der Waals surface area contributed by atoms with Crippen LogP contribution in [0.4, 0.5) is 5.69 Å². The van der Waals surface area contributed by atoms with Gasteiger partial charge in [-0.15, -0.1) is 0 Å². The molecular weight excluding hydrogens is 288 g/mol. The molecule has 0 radical (unpaired) electrons. The molecule has 5 nitrogen and oxygen atoms in total. The molecule has 0 bridgehead atoms. The number of sulfonamides is 1. The molecule has 1 heterocycles. The maximum Gasteiger partial charge on any atom is 0.243 e. The number of hydrogen-bond donors (Lipinski definition) is 1. The quantitative estimate of drug-likeness (QED) is 0.909. The van der Waals surface area contributed by atoms with Crippen LogP contribution in [0.1, 0.15) is 39.0 Å². The topological polar surface area (TPSA) is 66.5 Å². The third-order valence-electron chi connectivity index (χ3n) is 3.55. The smallest absolute Gasteiger partial charge is 0.243 e. The predicted octanol–water partition coefficient (Wildman–Crippen LogP) is 2.60. The molecule has 1 aliphatic rings. The lowest BCUT2D eigenvalue weighted by atomic mass is 10.2. The number of rotatable bonds is 5. The number of hydrogen-bond acceptors (Lipinski definition) is 3. The van der Waals surface area contributed by atoms with Gasteiger partial charge in [-0.05, 0) is 37.5 Å². The molecule has 21 heavy (non-hydrogen) atoms. The average Bonchev–Trinajstić information content (AvgIpc) is 2.48. The Bertz CT molecular complexity index is 593. The van der Waals surface area contributed by atoms with Crippen molar-refractivity contribution in [2.45, 2.75) is 43.9 Å². The Labute approximate surface area is 126 Å². The van der Waals surface area contributed by atoms with Crippen molar-refractivity contribution >= 4 is 21.6 Å². The largest absolute Gasteiger partial charge is 0.326 e. The van der Waals surface area contributed by atoms with Crippen LogP contribution in [-0.4, -0.2) is 31.7 Å². The zero-order chi connectivity index (χ0) is 15.3. The highest BCUT2D eigenvalue weighted by Gasteiger charge is 2.26. The summed E-state index contributed by atoms with van der Waals surface area (Å²) in [7, 11) is -3.45. The van der Waals surface area contributed by atoms with Crippen molar-refractivity contribution in [3.05, 3.63) is 24.3 Å². The van der Waals surface area contributed by atoms with Gasteiger partial charge in [0.05, 0.1) is 4.90 Å². The van der Waals surface area contributed by atoms with Gasteiger partial charge in [0.25, 0.3) is 0 Å². The second kappa shape index (κ2) is 7.04. The van der Waals surface area contributed by atoms with Crippen molar-refractivity contribution in [2.75, 3.05) is 18.4 Å². The maximum absolute atomic E-state index is 12.6. The number of nitrogens with zero attached hydrogens (tertiary/aromatic N) is 1. The van der Waals surface area contributed by atoms with Gasteiger partial charge >= 0.3 is 0 Å². The van der Waals surface area contributed by atoms with Gasteiger partial charge in [0.1, 0.15) is 0 Å². The lowest BCUT2D eigenvalue weighted by Crippen LogP contribution is -2.35. The van der Waals surface area contributed by atoms with E-state index in [4.69, 9.17) is 0 Å². The molecule has 0 aromatic heterocycles. The second-order valence-electron chi connectivity index (χ2n) is 5.29. The zero-order valence-electron chi connectivity index (χ0n) is 12.3. The number of piperidine rings is 1. The number of benzene rings is 1. The van der Waals surface area contributed by atoms with Gasteiger partial charge in [0, 0.05) is 25.2 Å². The van der Waals surface area contributed by atoms with Crippen molar-refractivity contribution in [2.24, 2.45) is 0 Å². The normalized spacial score (nSPS) is 16.6. The van der Waals surface area contributed by atoms with Gasteiger partial charge < -0.3 is 5.32 Å². The molecule has 116 valence electrons. The summed E-state index contributed by atoms with van der Waals surface area (Å²) in [5.74, 6) is -0.0926. The number of carbonyl (C=O) groups is 1. The first kappa shape index (κ1) is 16.0. The fraction of sp³-hybridized carbons (Fsp3) is 0.533. The Hall–Kier alpha value is -1.40. The van der Waals surface area contributed by atoms with Crippen LogP contribution in [-0.2, 0) is 14.8 Å². The first-order chi connectivity index (χ1) is 10.0. The lowest BCUT2D eigenvalue weighted by Gasteiger charge is -2.26. The third kappa shape index (κ3) is 4.04. The Kier molecular flexibility index (Phi) is 5.36.